The molecule has 5 nitrogen and oxygen atoms in total. The molecular weight excluding hydrogens is 232 g/mol. The third kappa shape index (κ3) is 5.20. The number of ether oxygens (including phenoxy) is 2. The summed E-state index contributed by atoms with van der Waals surface area (Å²) in [4.78, 5) is 4.50. The standard InChI is InChI=1S/C13H28N2O3/c1-4-15(5-7-17-3)6-8-18-13-9-12(11-16)14(2)10-13/h12-13,16H,4-11H2,1-3H3/t12-,13+/m0/s1. The summed E-state index contributed by atoms with van der Waals surface area (Å²) in [6.45, 7) is 7.77. The Morgan fingerprint density at radius 2 is 2.06 bits per heavy atom. The van der Waals surface area contributed by atoms with Crippen LogP contribution in [0.15, 0.2) is 0 Å². The van der Waals surface area contributed by atoms with E-state index in [1.165, 1.54) is 0 Å². The van der Waals surface area contributed by atoms with Gasteiger partial charge < -0.3 is 14.6 Å². The van der Waals surface area contributed by atoms with Gasteiger partial charge in [-0.05, 0) is 20.0 Å². The maximum Gasteiger partial charge on any atom is 0.0718 e. The second kappa shape index (κ2) is 8.82. The lowest BCUT2D eigenvalue weighted by Gasteiger charge is -2.21. The van der Waals surface area contributed by atoms with Crippen LogP contribution in [-0.2, 0) is 9.47 Å². The van der Waals surface area contributed by atoms with E-state index in [0.717, 1.165) is 45.8 Å². The molecule has 1 rings (SSSR count). The van der Waals surface area contributed by atoms with Crippen molar-refractivity contribution in [2.45, 2.75) is 25.5 Å². The molecule has 1 saturated heterocycles. The summed E-state index contributed by atoms with van der Waals surface area (Å²) < 4.78 is 11.0. The van der Waals surface area contributed by atoms with Crippen LogP contribution < -0.4 is 0 Å². The largest absolute Gasteiger partial charge is 0.395 e. The van der Waals surface area contributed by atoms with Crippen LogP contribution in [0.25, 0.3) is 0 Å². The zero-order valence-corrected chi connectivity index (χ0v) is 12.0. The van der Waals surface area contributed by atoms with E-state index in [-0.39, 0.29) is 18.8 Å². The molecule has 1 aliphatic heterocycles. The van der Waals surface area contributed by atoms with E-state index < -0.39 is 0 Å². The lowest BCUT2D eigenvalue weighted by molar-refractivity contribution is 0.0399. The predicted molar refractivity (Wildman–Crippen MR) is 71.9 cm³/mol. The summed E-state index contributed by atoms with van der Waals surface area (Å²) >= 11 is 0. The normalized spacial score (nSPS) is 25.2. The summed E-state index contributed by atoms with van der Waals surface area (Å²) in [6, 6.07) is 0.269. The SMILES string of the molecule is CCN(CCOC)CCO[C@@H]1C[C@@H](CO)N(C)C1. The minimum atomic E-state index is 0.227. The molecule has 0 aromatic carbocycles. The fourth-order valence-electron chi connectivity index (χ4n) is 2.36. The number of nitrogens with zero attached hydrogens (tertiary/aromatic N) is 2. The van der Waals surface area contributed by atoms with Gasteiger partial charge in [-0.1, -0.05) is 6.92 Å². The van der Waals surface area contributed by atoms with Gasteiger partial charge in [-0.15, -0.1) is 0 Å². The molecule has 0 aromatic rings. The first kappa shape index (κ1) is 15.9. The zero-order valence-electron chi connectivity index (χ0n) is 12.0. The van der Waals surface area contributed by atoms with E-state index in [4.69, 9.17) is 9.47 Å². The molecule has 0 spiro atoms. The molecule has 0 saturated carbocycles. The third-order valence-electron chi connectivity index (χ3n) is 3.68. The van der Waals surface area contributed by atoms with Crippen molar-refractivity contribution >= 4 is 0 Å². The van der Waals surface area contributed by atoms with E-state index in [2.05, 4.69) is 16.7 Å². The van der Waals surface area contributed by atoms with Crippen LogP contribution in [-0.4, -0.2) is 87.2 Å². The van der Waals surface area contributed by atoms with Crippen molar-refractivity contribution in [2.75, 3.05) is 60.2 Å². The summed E-state index contributed by atoms with van der Waals surface area (Å²) in [6.07, 6.45) is 1.21. The molecule has 0 amide bonds. The summed E-state index contributed by atoms with van der Waals surface area (Å²) in [7, 11) is 3.77. The first-order valence-corrected chi connectivity index (χ1v) is 6.85. The molecule has 1 fully saturated rings. The molecule has 1 aliphatic rings. The van der Waals surface area contributed by atoms with Gasteiger partial charge in [0, 0.05) is 32.8 Å². The van der Waals surface area contributed by atoms with Crippen LogP contribution in [0, 0.1) is 0 Å². The summed E-state index contributed by atoms with van der Waals surface area (Å²) in [5.41, 5.74) is 0. The highest BCUT2D eigenvalue weighted by Crippen LogP contribution is 2.17. The fourth-order valence-corrected chi connectivity index (χ4v) is 2.36. The monoisotopic (exact) mass is 260 g/mol. The van der Waals surface area contributed by atoms with Crippen LogP contribution in [0.1, 0.15) is 13.3 Å². The smallest absolute Gasteiger partial charge is 0.0718 e. The van der Waals surface area contributed by atoms with Gasteiger partial charge in [0.05, 0.1) is 25.9 Å². The van der Waals surface area contributed by atoms with Gasteiger partial charge in [0.1, 0.15) is 0 Å². The van der Waals surface area contributed by atoms with Crippen molar-refractivity contribution in [1.82, 2.24) is 9.80 Å². The topological polar surface area (TPSA) is 45.2 Å². The molecule has 1 N–H and O–H groups in total. The molecule has 5 heteroatoms. The molecular formula is C13H28N2O3. The molecule has 0 aromatic heterocycles. The Labute approximate surface area is 111 Å². The van der Waals surface area contributed by atoms with Crippen molar-refractivity contribution < 1.29 is 14.6 Å². The molecule has 2 atom stereocenters. The zero-order chi connectivity index (χ0) is 13.4. The van der Waals surface area contributed by atoms with E-state index in [9.17, 15) is 5.11 Å². The van der Waals surface area contributed by atoms with Crippen molar-refractivity contribution in [3.8, 4) is 0 Å². The van der Waals surface area contributed by atoms with Gasteiger partial charge in [0.2, 0.25) is 0 Å². The molecule has 0 radical (unpaired) electrons. The van der Waals surface area contributed by atoms with Crippen molar-refractivity contribution in [2.24, 2.45) is 0 Å². The van der Waals surface area contributed by atoms with Crippen molar-refractivity contribution in [3.05, 3.63) is 0 Å². The van der Waals surface area contributed by atoms with Crippen molar-refractivity contribution in [1.29, 1.82) is 0 Å². The van der Waals surface area contributed by atoms with Gasteiger partial charge in [0.25, 0.3) is 0 Å². The van der Waals surface area contributed by atoms with Crippen molar-refractivity contribution in [3.63, 3.8) is 0 Å². The highest BCUT2D eigenvalue weighted by molar-refractivity contribution is 4.83. The first-order chi connectivity index (χ1) is 8.71. The first-order valence-electron chi connectivity index (χ1n) is 6.85. The van der Waals surface area contributed by atoms with Crippen LogP contribution in [0.3, 0.4) is 0 Å². The van der Waals surface area contributed by atoms with Crippen LogP contribution in [0.5, 0.6) is 0 Å². The average Bonchev–Trinajstić information content (AvgIpc) is 2.74. The Morgan fingerprint density at radius 1 is 1.33 bits per heavy atom. The highest BCUT2D eigenvalue weighted by Gasteiger charge is 2.29. The molecule has 1 heterocycles. The lowest BCUT2D eigenvalue weighted by Crippen LogP contribution is -2.32. The Bertz CT molecular complexity index is 216. The second-order valence-electron chi connectivity index (χ2n) is 4.93. The Morgan fingerprint density at radius 3 is 2.61 bits per heavy atom. The van der Waals surface area contributed by atoms with Crippen LogP contribution >= 0.6 is 0 Å². The number of likely N-dealkylation sites (tertiary alicyclic amines) is 1. The van der Waals surface area contributed by atoms with Crippen LogP contribution in [0.4, 0.5) is 0 Å². The minimum Gasteiger partial charge on any atom is -0.395 e. The molecule has 0 unspecified atom stereocenters. The number of hydrogen-bond acceptors (Lipinski definition) is 5. The van der Waals surface area contributed by atoms with Crippen LogP contribution in [0.2, 0.25) is 0 Å². The third-order valence-corrected chi connectivity index (χ3v) is 3.68. The Kier molecular flexibility index (Phi) is 7.77. The summed E-state index contributed by atoms with van der Waals surface area (Å²) in [5, 5.41) is 9.18. The van der Waals surface area contributed by atoms with Gasteiger partial charge >= 0.3 is 0 Å². The number of likely N-dealkylation sites (N-methyl/N-ethyl adjacent to an activating group) is 2. The van der Waals surface area contributed by atoms with E-state index in [1.54, 1.807) is 7.11 Å². The van der Waals surface area contributed by atoms with E-state index in [0.29, 0.717) is 0 Å². The molecule has 0 aliphatic carbocycles. The number of methoxy groups -OCH3 is 1. The van der Waals surface area contributed by atoms with Gasteiger partial charge in [0.15, 0.2) is 0 Å². The minimum absolute atomic E-state index is 0.227. The van der Waals surface area contributed by atoms with Gasteiger partial charge in [-0.3, -0.25) is 9.80 Å². The lowest BCUT2D eigenvalue weighted by atomic mass is 10.2. The number of aliphatic hydroxyl groups excluding tert-OH is 1. The van der Waals surface area contributed by atoms with Gasteiger partial charge in [-0.25, -0.2) is 0 Å². The highest BCUT2D eigenvalue weighted by atomic mass is 16.5. The fraction of sp³-hybridized carbons (Fsp3) is 1.00. The predicted octanol–water partition coefficient (Wildman–Crippen LogP) is 0.0363. The number of rotatable bonds is 9. The molecule has 108 valence electrons. The second-order valence-corrected chi connectivity index (χ2v) is 4.93. The maximum absolute atomic E-state index is 9.18. The van der Waals surface area contributed by atoms with Gasteiger partial charge in [-0.2, -0.15) is 0 Å². The van der Waals surface area contributed by atoms with E-state index in [1.807, 2.05) is 7.05 Å². The average molecular weight is 260 g/mol. The Hall–Kier alpha value is -0.200. The molecule has 0 bridgehead atoms. The van der Waals surface area contributed by atoms with E-state index >= 15 is 0 Å². The number of hydrogen-bond donors (Lipinski definition) is 1. The molecule has 18 heavy (non-hydrogen) atoms. The summed E-state index contributed by atoms with van der Waals surface area (Å²) in [5.74, 6) is 0. The Balaban J connectivity index is 2.13. The maximum atomic E-state index is 9.18. The number of aliphatic hydroxyl groups is 1. The quantitative estimate of drug-likeness (QED) is 0.634.